The van der Waals surface area contributed by atoms with Gasteiger partial charge >= 0.3 is 0 Å². The zero-order chi connectivity index (χ0) is 22.5. The van der Waals surface area contributed by atoms with Crippen molar-refractivity contribution in [2.75, 3.05) is 19.6 Å². The third kappa shape index (κ3) is 4.64. The van der Waals surface area contributed by atoms with Crippen LogP contribution in [-0.4, -0.2) is 53.4 Å². The first-order valence-electron chi connectivity index (χ1n) is 11.7. The Morgan fingerprint density at radius 2 is 1.72 bits per heavy atom. The number of rotatable bonds is 2. The summed E-state index contributed by atoms with van der Waals surface area (Å²) < 4.78 is 20.9. The second-order valence-electron chi connectivity index (χ2n) is 8.57. The highest BCUT2D eigenvalue weighted by Gasteiger charge is 2.36. The highest BCUT2D eigenvalue weighted by molar-refractivity contribution is 5.97. The summed E-state index contributed by atoms with van der Waals surface area (Å²) in [6.07, 6.45) is 4.89. The van der Waals surface area contributed by atoms with Gasteiger partial charge in [0.2, 0.25) is 0 Å². The minimum absolute atomic E-state index is 0.0182. The molecule has 4 rings (SSSR count). The Morgan fingerprint density at radius 3 is 2.53 bits per heavy atom. The number of benzene rings is 2. The molecule has 0 radical (unpaired) electrons. The molecule has 0 saturated heterocycles. The SMILES string of the molecule is CCN1CCCCN(C(=O)c2ccccc2F)[C@@H]2CCCC[C@@H]2Oc2ccccc2C1=O. The van der Waals surface area contributed by atoms with Crippen LogP contribution in [0, 0.1) is 5.82 Å². The van der Waals surface area contributed by atoms with Crippen LogP contribution in [0.15, 0.2) is 48.5 Å². The van der Waals surface area contributed by atoms with Gasteiger partial charge in [0.15, 0.2) is 0 Å². The maximum Gasteiger partial charge on any atom is 0.257 e. The Bertz CT molecular complexity index is 964. The second kappa shape index (κ2) is 10.2. The van der Waals surface area contributed by atoms with Crippen molar-refractivity contribution in [3.05, 3.63) is 65.5 Å². The zero-order valence-corrected chi connectivity index (χ0v) is 18.6. The van der Waals surface area contributed by atoms with E-state index in [1.807, 2.05) is 41.0 Å². The van der Waals surface area contributed by atoms with Crippen molar-refractivity contribution in [1.82, 2.24) is 9.80 Å². The van der Waals surface area contributed by atoms with Crippen LogP contribution in [0.5, 0.6) is 5.75 Å². The fourth-order valence-corrected chi connectivity index (χ4v) is 4.85. The van der Waals surface area contributed by atoms with E-state index in [-0.39, 0.29) is 29.5 Å². The summed E-state index contributed by atoms with van der Waals surface area (Å²) in [5.41, 5.74) is 0.668. The molecule has 32 heavy (non-hydrogen) atoms. The lowest BCUT2D eigenvalue weighted by molar-refractivity contribution is 0.0256. The largest absolute Gasteiger partial charge is 0.487 e. The summed E-state index contributed by atoms with van der Waals surface area (Å²) in [4.78, 5) is 30.3. The van der Waals surface area contributed by atoms with Crippen LogP contribution in [0.3, 0.4) is 0 Å². The molecule has 1 saturated carbocycles. The molecule has 1 fully saturated rings. The Hall–Kier alpha value is -2.89. The number of carbonyl (C=O) groups excluding carboxylic acids is 2. The van der Waals surface area contributed by atoms with Crippen LogP contribution in [0.2, 0.25) is 0 Å². The molecule has 0 aromatic heterocycles. The molecule has 0 unspecified atom stereocenters. The van der Waals surface area contributed by atoms with Crippen LogP contribution in [0.4, 0.5) is 4.39 Å². The van der Waals surface area contributed by atoms with Crippen molar-refractivity contribution in [2.24, 2.45) is 0 Å². The lowest BCUT2D eigenvalue weighted by Crippen LogP contribution is -2.51. The van der Waals surface area contributed by atoms with Crippen LogP contribution >= 0.6 is 0 Å². The molecule has 1 heterocycles. The maximum absolute atomic E-state index is 14.5. The van der Waals surface area contributed by atoms with E-state index in [0.717, 1.165) is 38.5 Å². The Morgan fingerprint density at radius 1 is 1.00 bits per heavy atom. The van der Waals surface area contributed by atoms with Crippen molar-refractivity contribution >= 4 is 11.8 Å². The van der Waals surface area contributed by atoms with E-state index in [1.54, 1.807) is 18.2 Å². The molecule has 2 aliphatic rings. The minimum Gasteiger partial charge on any atom is -0.487 e. The summed E-state index contributed by atoms with van der Waals surface area (Å²) in [6, 6.07) is 13.4. The summed E-state index contributed by atoms with van der Waals surface area (Å²) in [5.74, 6) is -0.232. The highest BCUT2D eigenvalue weighted by atomic mass is 19.1. The molecule has 5 nitrogen and oxygen atoms in total. The molecule has 1 aliphatic carbocycles. The number of halogens is 1. The first-order chi connectivity index (χ1) is 15.6. The predicted octanol–water partition coefficient (Wildman–Crippen LogP) is 4.91. The zero-order valence-electron chi connectivity index (χ0n) is 18.6. The fourth-order valence-electron chi connectivity index (χ4n) is 4.85. The number of hydrogen-bond acceptors (Lipinski definition) is 3. The predicted molar refractivity (Wildman–Crippen MR) is 121 cm³/mol. The molecule has 170 valence electrons. The number of fused-ring (bicyclic) bond motifs is 2. The molecular formula is C26H31FN2O3. The molecule has 0 N–H and O–H groups in total. The maximum atomic E-state index is 14.5. The van der Waals surface area contributed by atoms with E-state index < -0.39 is 5.82 Å². The molecule has 1 aliphatic heterocycles. The van der Waals surface area contributed by atoms with Crippen molar-refractivity contribution in [1.29, 1.82) is 0 Å². The monoisotopic (exact) mass is 438 g/mol. The number of para-hydroxylation sites is 1. The molecule has 2 amide bonds. The van der Waals surface area contributed by atoms with E-state index in [4.69, 9.17) is 4.74 Å². The van der Waals surface area contributed by atoms with Gasteiger partial charge in [-0.15, -0.1) is 0 Å². The van der Waals surface area contributed by atoms with E-state index >= 15 is 0 Å². The van der Waals surface area contributed by atoms with Gasteiger partial charge in [-0.3, -0.25) is 9.59 Å². The first-order valence-corrected chi connectivity index (χ1v) is 11.7. The smallest absolute Gasteiger partial charge is 0.257 e. The van der Waals surface area contributed by atoms with Gasteiger partial charge in [-0.1, -0.05) is 30.7 Å². The van der Waals surface area contributed by atoms with Crippen molar-refractivity contribution in [3.63, 3.8) is 0 Å². The second-order valence-corrected chi connectivity index (χ2v) is 8.57. The Balaban J connectivity index is 1.71. The average Bonchev–Trinajstić information content (AvgIpc) is 2.81. The van der Waals surface area contributed by atoms with Crippen molar-refractivity contribution in [3.8, 4) is 5.75 Å². The molecule has 2 atom stereocenters. The van der Waals surface area contributed by atoms with E-state index in [0.29, 0.717) is 30.9 Å². The molecule has 0 spiro atoms. The van der Waals surface area contributed by atoms with E-state index in [9.17, 15) is 14.0 Å². The quantitative estimate of drug-likeness (QED) is 0.669. The standard InChI is InChI=1S/C26H31FN2O3/c1-2-28-17-9-10-18-29(26(31)19-11-3-5-13-21(19)27)22-14-6-8-16-24(22)32-23-15-7-4-12-20(23)25(28)30/h3-5,7,11-13,15,22,24H,2,6,8-10,14,16-18H2,1H3/t22-,24+/m1/s1. The van der Waals surface area contributed by atoms with Gasteiger partial charge < -0.3 is 14.5 Å². The molecule has 6 heteroatoms. The molecule has 2 aromatic carbocycles. The third-order valence-electron chi connectivity index (χ3n) is 6.57. The lowest BCUT2D eigenvalue weighted by atomic mass is 9.90. The molecule has 0 bridgehead atoms. The van der Waals surface area contributed by atoms with Gasteiger partial charge in [0, 0.05) is 19.6 Å². The van der Waals surface area contributed by atoms with Gasteiger partial charge in [-0.05, 0) is 63.3 Å². The van der Waals surface area contributed by atoms with Crippen molar-refractivity contribution in [2.45, 2.75) is 57.6 Å². The van der Waals surface area contributed by atoms with Crippen LogP contribution in [0.1, 0.15) is 66.2 Å². The Kier molecular flexibility index (Phi) is 7.08. The summed E-state index contributed by atoms with van der Waals surface area (Å²) in [6.45, 7) is 3.71. The van der Waals surface area contributed by atoms with Crippen LogP contribution < -0.4 is 4.74 Å². The topological polar surface area (TPSA) is 49.9 Å². The van der Waals surface area contributed by atoms with Crippen molar-refractivity contribution < 1.29 is 18.7 Å². The summed E-state index contributed by atoms with van der Waals surface area (Å²) in [5, 5.41) is 0. The number of ether oxygens (including phenoxy) is 1. The van der Waals surface area contributed by atoms with E-state index in [2.05, 4.69) is 0 Å². The van der Waals surface area contributed by atoms with Gasteiger partial charge in [0.1, 0.15) is 17.7 Å². The van der Waals surface area contributed by atoms with Gasteiger partial charge in [-0.2, -0.15) is 0 Å². The number of hydrogen-bond donors (Lipinski definition) is 0. The fraction of sp³-hybridized carbons (Fsp3) is 0.462. The van der Waals surface area contributed by atoms with Gasteiger partial charge in [0.05, 0.1) is 17.2 Å². The Labute approximate surface area is 189 Å². The van der Waals surface area contributed by atoms with Crippen LogP contribution in [0.25, 0.3) is 0 Å². The molecular weight excluding hydrogens is 407 g/mol. The normalized spacial score (nSPS) is 22.1. The molecule has 2 aromatic rings. The first kappa shape index (κ1) is 22.3. The highest BCUT2D eigenvalue weighted by Crippen LogP contribution is 2.31. The number of carbonyl (C=O) groups is 2. The minimum atomic E-state index is -0.495. The lowest BCUT2D eigenvalue weighted by Gasteiger charge is -2.40. The summed E-state index contributed by atoms with van der Waals surface area (Å²) >= 11 is 0. The summed E-state index contributed by atoms with van der Waals surface area (Å²) in [7, 11) is 0. The average molecular weight is 439 g/mol. The van der Waals surface area contributed by atoms with E-state index in [1.165, 1.54) is 6.07 Å². The van der Waals surface area contributed by atoms with Gasteiger partial charge in [-0.25, -0.2) is 4.39 Å². The number of nitrogens with zero attached hydrogens (tertiary/aromatic N) is 2. The van der Waals surface area contributed by atoms with Crippen LogP contribution in [-0.2, 0) is 0 Å². The third-order valence-corrected chi connectivity index (χ3v) is 6.57. The number of amides is 2. The van der Waals surface area contributed by atoms with Gasteiger partial charge in [0.25, 0.3) is 11.8 Å².